The number of benzene rings is 2. The number of rotatable bonds is 3. The molecule has 0 saturated carbocycles. The molecule has 0 saturated heterocycles. The minimum atomic E-state index is 0.718. The van der Waals surface area contributed by atoms with Crippen molar-refractivity contribution in [3.63, 3.8) is 0 Å². The second kappa shape index (κ2) is 5.41. The van der Waals surface area contributed by atoms with E-state index in [4.69, 9.17) is 11.6 Å². The molecule has 0 aliphatic rings. The molecule has 0 aliphatic carbocycles. The van der Waals surface area contributed by atoms with E-state index in [1.165, 1.54) is 9.60 Å². The van der Waals surface area contributed by atoms with Crippen molar-refractivity contribution in [1.29, 1.82) is 0 Å². The molecule has 5 heteroatoms. The van der Waals surface area contributed by atoms with Crippen LogP contribution in [0.25, 0.3) is 10.2 Å². The van der Waals surface area contributed by atoms with Gasteiger partial charge >= 0.3 is 0 Å². The fourth-order valence-corrected chi connectivity index (χ4v) is 3.56. The van der Waals surface area contributed by atoms with E-state index < -0.39 is 0 Å². The lowest BCUT2D eigenvalue weighted by Crippen LogP contribution is -1.88. The number of hydrogen-bond acceptors (Lipinski definition) is 4. The van der Waals surface area contributed by atoms with Gasteiger partial charge in [0.15, 0.2) is 5.13 Å². The summed E-state index contributed by atoms with van der Waals surface area (Å²) in [6.45, 7) is 0. The summed E-state index contributed by atoms with van der Waals surface area (Å²) in [5, 5.41) is 4.91. The zero-order valence-corrected chi connectivity index (χ0v) is 12.6. The predicted octanol–water partition coefficient (Wildman–Crippen LogP) is 5.42. The van der Waals surface area contributed by atoms with Crippen molar-refractivity contribution in [2.45, 2.75) is 4.90 Å². The van der Waals surface area contributed by atoms with Gasteiger partial charge in [-0.3, -0.25) is 0 Å². The van der Waals surface area contributed by atoms with E-state index in [1.807, 2.05) is 24.3 Å². The lowest BCUT2D eigenvalue weighted by molar-refractivity contribution is 1.39. The number of aromatic nitrogens is 1. The molecular formula is C14H11ClN2S2. The number of nitrogens with one attached hydrogen (secondary N) is 1. The molecule has 0 radical (unpaired) electrons. The molecule has 1 heterocycles. The summed E-state index contributed by atoms with van der Waals surface area (Å²) in [7, 11) is 0. The molecule has 0 aliphatic heterocycles. The van der Waals surface area contributed by atoms with Crippen LogP contribution in [-0.2, 0) is 0 Å². The number of halogens is 1. The number of thiazole rings is 1. The van der Waals surface area contributed by atoms with Gasteiger partial charge in [-0.1, -0.05) is 35.1 Å². The average molecular weight is 307 g/mol. The molecule has 0 atom stereocenters. The van der Waals surface area contributed by atoms with E-state index >= 15 is 0 Å². The first-order valence-electron chi connectivity index (χ1n) is 5.72. The van der Waals surface area contributed by atoms with Crippen molar-refractivity contribution in [2.24, 2.45) is 0 Å². The fourth-order valence-electron chi connectivity index (χ4n) is 1.83. The number of thioether (sulfide) groups is 1. The Morgan fingerprint density at radius 3 is 2.84 bits per heavy atom. The molecule has 2 aromatic carbocycles. The summed E-state index contributed by atoms with van der Waals surface area (Å²) in [6.07, 6.45) is 2.07. The predicted molar refractivity (Wildman–Crippen MR) is 86.1 cm³/mol. The molecule has 19 heavy (non-hydrogen) atoms. The van der Waals surface area contributed by atoms with Crippen LogP contribution in [0.4, 0.5) is 10.8 Å². The van der Waals surface area contributed by atoms with E-state index in [9.17, 15) is 0 Å². The van der Waals surface area contributed by atoms with Gasteiger partial charge in [0.25, 0.3) is 0 Å². The maximum atomic E-state index is 5.98. The van der Waals surface area contributed by atoms with Crippen LogP contribution >= 0.6 is 34.7 Å². The molecule has 0 fully saturated rings. The Morgan fingerprint density at radius 2 is 2.05 bits per heavy atom. The van der Waals surface area contributed by atoms with Gasteiger partial charge in [-0.2, -0.15) is 0 Å². The Balaban J connectivity index is 1.98. The molecule has 0 amide bonds. The summed E-state index contributed by atoms with van der Waals surface area (Å²) in [4.78, 5) is 5.85. The Morgan fingerprint density at radius 1 is 1.21 bits per heavy atom. The second-order valence-corrected chi connectivity index (χ2v) is 6.28. The van der Waals surface area contributed by atoms with Crippen LogP contribution < -0.4 is 5.32 Å². The summed E-state index contributed by atoms with van der Waals surface area (Å²) >= 11 is 9.34. The minimum Gasteiger partial charge on any atom is -0.331 e. The summed E-state index contributed by atoms with van der Waals surface area (Å²) in [5.41, 5.74) is 2.02. The molecule has 0 bridgehead atoms. The summed E-state index contributed by atoms with van der Waals surface area (Å²) < 4.78 is 1.19. The normalized spacial score (nSPS) is 10.8. The van der Waals surface area contributed by atoms with Gasteiger partial charge in [-0.05, 0) is 36.6 Å². The van der Waals surface area contributed by atoms with Crippen LogP contribution in [-0.4, -0.2) is 11.2 Å². The molecule has 0 unspecified atom stereocenters. The van der Waals surface area contributed by atoms with Gasteiger partial charge < -0.3 is 5.32 Å². The highest BCUT2D eigenvalue weighted by molar-refractivity contribution is 7.98. The van der Waals surface area contributed by atoms with Crippen molar-refractivity contribution in [3.05, 3.63) is 47.5 Å². The quantitative estimate of drug-likeness (QED) is 0.654. The third kappa shape index (κ3) is 2.71. The maximum Gasteiger partial charge on any atom is 0.188 e. The van der Waals surface area contributed by atoms with E-state index in [-0.39, 0.29) is 0 Å². The first-order chi connectivity index (χ1) is 9.26. The molecule has 3 rings (SSSR count). The lowest BCUT2D eigenvalue weighted by atomic mass is 10.3. The highest BCUT2D eigenvalue weighted by atomic mass is 35.5. The van der Waals surface area contributed by atoms with Gasteiger partial charge in [0.2, 0.25) is 0 Å². The third-order valence-corrected chi connectivity index (χ3v) is 4.62. The average Bonchev–Trinajstić information content (AvgIpc) is 2.80. The van der Waals surface area contributed by atoms with Crippen LogP contribution in [0.5, 0.6) is 0 Å². The van der Waals surface area contributed by atoms with Crippen LogP contribution in [0.15, 0.2) is 47.4 Å². The van der Waals surface area contributed by atoms with Crippen molar-refractivity contribution >= 4 is 55.7 Å². The first-order valence-corrected chi connectivity index (χ1v) is 8.14. The smallest absolute Gasteiger partial charge is 0.188 e. The van der Waals surface area contributed by atoms with E-state index in [0.29, 0.717) is 0 Å². The van der Waals surface area contributed by atoms with Crippen molar-refractivity contribution in [3.8, 4) is 0 Å². The summed E-state index contributed by atoms with van der Waals surface area (Å²) in [5.74, 6) is 0. The van der Waals surface area contributed by atoms with Crippen LogP contribution in [0.1, 0.15) is 0 Å². The largest absolute Gasteiger partial charge is 0.331 e. The molecule has 1 N–H and O–H groups in total. The van der Waals surface area contributed by atoms with E-state index in [0.717, 1.165) is 21.4 Å². The van der Waals surface area contributed by atoms with Gasteiger partial charge in [-0.15, -0.1) is 11.8 Å². The van der Waals surface area contributed by atoms with Crippen molar-refractivity contribution in [1.82, 2.24) is 4.98 Å². The first kappa shape index (κ1) is 12.8. The van der Waals surface area contributed by atoms with Crippen molar-refractivity contribution < 1.29 is 0 Å². The molecular weight excluding hydrogens is 296 g/mol. The number of para-hydroxylation sites is 1. The molecule has 1 aromatic heterocycles. The van der Waals surface area contributed by atoms with Gasteiger partial charge in [0.05, 0.1) is 10.2 Å². The van der Waals surface area contributed by atoms with Crippen LogP contribution in [0.2, 0.25) is 5.02 Å². The monoisotopic (exact) mass is 306 g/mol. The highest BCUT2D eigenvalue weighted by Crippen LogP contribution is 2.33. The maximum absolute atomic E-state index is 5.98. The minimum absolute atomic E-state index is 0.718. The number of fused-ring (bicyclic) bond motifs is 1. The lowest BCUT2D eigenvalue weighted by Gasteiger charge is -2.01. The Hall–Kier alpha value is -1.23. The number of hydrogen-bond donors (Lipinski definition) is 1. The third-order valence-electron chi connectivity index (χ3n) is 2.68. The standard InChI is InChI=1S/C14H11ClN2S2/c1-18-11-6-3-7-12-13(11)17-14(19-12)16-10-5-2-4-9(15)8-10/h2-8H,1H3,(H,16,17). The Bertz CT molecular complexity index is 724. The van der Waals surface area contributed by atoms with E-state index in [2.05, 4.69) is 34.8 Å². The molecule has 2 nitrogen and oxygen atoms in total. The SMILES string of the molecule is CSc1cccc2sc(Nc3cccc(Cl)c3)nc12. The van der Waals surface area contributed by atoms with Gasteiger partial charge in [-0.25, -0.2) is 4.98 Å². The van der Waals surface area contributed by atoms with Crippen LogP contribution in [0.3, 0.4) is 0 Å². The highest BCUT2D eigenvalue weighted by Gasteiger charge is 2.07. The zero-order chi connectivity index (χ0) is 13.2. The summed E-state index contributed by atoms with van der Waals surface area (Å²) in [6, 6.07) is 13.9. The molecule has 0 spiro atoms. The molecule has 3 aromatic rings. The fraction of sp³-hybridized carbons (Fsp3) is 0.0714. The zero-order valence-electron chi connectivity index (χ0n) is 10.2. The molecule has 96 valence electrons. The number of nitrogens with zero attached hydrogens (tertiary/aromatic N) is 1. The van der Waals surface area contributed by atoms with E-state index in [1.54, 1.807) is 23.1 Å². The topological polar surface area (TPSA) is 24.9 Å². The number of anilines is 2. The Kier molecular flexibility index (Phi) is 3.64. The van der Waals surface area contributed by atoms with Crippen molar-refractivity contribution in [2.75, 3.05) is 11.6 Å². The van der Waals surface area contributed by atoms with Crippen LogP contribution in [0, 0.1) is 0 Å². The Labute approximate surface area is 124 Å². The van der Waals surface area contributed by atoms with Gasteiger partial charge in [0.1, 0.15) is 0 Å². The van der Waals surface area contributed by atoms with Gasteiger partial charge in [0, 0.05) is 15.6 Å². The second-order valence-electron chi connectivity index (χ2n) is 3.96.